The van der Waals surface area contributed by atoms with E-state index in [2.05, 4.69) is 10.7 Å². The van der Waals surface area contributed by atoms with Gasteiger partial charge in [0.1, 0.15) is 0 Å². The summed E-state index contributed by atoms with van der Waals surface area (Å²) in [5.41, 5.74) is 0. The van der Waals surface area contributed by atoms with Crippen LogP contribution in [0.2, 0.25) is 0 Å². The molecule has 0 amide bonds. The lowest BCUT2D eigenvalue weighted by molar-refractivity contribution is -0.131. The number of carboxylic acid groups (broad SMARTS) is 1. The van der Waals surface area contributed by atoms with Crippen molar-refractivity contribution in [3.05, 3.63) is 11.5 Å². The highest BCUT2D eigenvalue weighted by atomic mass is 35.7. The van der Waals surface area contributed by atoms with Crippen molar-refractivity contribution >= 4 is 25.7 Å². The van der Waals surface area contributed by atoms with Crippen LogP contribution in [0.25, 0.3) is 0 Å². The van der Waals surface area contributed by atoms with Gasteiger partial charge in [-0.2, -0.15) is 0 Å². The predicted molar refractivity (Wildman–Crippen MR) is 31.5 cm³/mol. The zero-order valence-corrected chi connectivity index (χ0v) is 5.69. The van der Waals surface area contributed by atoms with Gasteiger partial charge in [-0.05, 0) is 0 Å². The molecular weight excluding hydrogens is 168 g/mol. The average molecular weight is 171 g/mol. The van der Waals surface area contributed by atoms with Gasteiger partial charge in [-0.3, -0.25) is 0 Å². The van der Waals surface area contributed by atoms with Gasteiger partial charge in [0.15, 0.2) is 0 Å². The van der Waals surface area contributed by atoms with Gasteiger partial charge in [0.25, 0.3) is 9.05 Å². The van der Waals surface area contributed by atoms with Gasteiger partial charge in [-0.1, -0.05) is 0 Å². The lowest BCUT2D eigenvalue weighted by atomic mass is 10.7. The smallest absolute Gasteiger partial charge is 0.329 e. The van der Waals surface area contributed by atoms with Crippen molar-refractivity contribution in [2.24, 2.45) is 0 Å². The molecule has 0 aliphatic rings. The molecule has 0 aromatic rings. The van der Waals surface area contributed by atoms with E-state index in [1.165, 1.54) is 0 Å². The zero-order valence-electron chi connectivity index (χ0n) is 4.11. The number of aliphatic carboxylic acids is 1. The van der Waals surface area contributed by atoms with E-state index in [4.69, 9.17) is 5.11 Å². The molecular formula is C3H3ClO4S. The van der Waals surface area contributed by atoms with Gasteiger partial charge in [-0.15, -0.1) is 0 Å². The largest absolute Gasteiger partial charge is 0.478 e. The SMILES string of the molecule is O=C(O)/C=C/S(=O)(=O)Cl. The standard InChI is InChI=1S/C3H3ClO4S/c4-9(7,8)2-1-3(5)6/h1-2H,(H,5,6)/b2-1+. The van der Waals surface area contributed by atoms with Crippen molar-refractivity contribution in [1.29, 1.82) is 0 Å². The first kappa shape index (κ1) is 8.45. The first-order valence-corrected chi connectivity index (χ1v) is 4.15. The second-order valence-corrected chi connectivity index (χ2v) is 3.63. The molecule has 1 N–H and O–H groups in total. The van der Waals surface area contributed by atoms with Crippen LogP contribution >= 0.6 is 10.7 Å². The zero-order chi connectivity index (χ0) is 7.49. The molecule has 0 unspecified atom stereocenters. The van der Waals surface area contributed by atoms with Crippen LogP contribution in [-0.2, 0) is 13.8 Å². The summed E-state index contributed by atoms with van der Waals surface area (Å²) in [7, 11) is 0.791. The van der Waals surface area contributed by atoms with Crippen LogP contribution in [0.4, 0.5) is 0 Å². The van der Waals surface area contributed by atoms with Gasteiger partial charge < -0.3 is 5.11 Å². The van der Waals surface area contributed by atoms with Crippen LogP contribution in [0, 0.1) is 0 Å². The Balaban J connectivity index is 4.21. The molecule has 0 aliphatic heterocycles. The van der Waals surface area contributed by atoms with E-state index in [1.54, 1.807) is 0 Å². The molecule has 4 nitrogen and oxygen atoms in total. The van der Waals surface area contributed by atoms with Crippen LogP contribution in [0.1, 0.15) is 0 Å². The molecule has 0 saturated heterocycles. The van der Waals surface area contributed by atoms with Gasteiger partial charge in [0.2, 0.25) is 0 Å². The molecule has 9 heavy (non-hydrogen) atoms. The Labute approximate surface area is 56.2 Å². The van der Waals surface area contributed by atoms with E-state index in [9.17, 15) is 13.2 Å². The summed E-state index contributed by atoms with van der Waals surface area (Å²) in [6.45, 7) is 0. The topological polar surface area (TPSA) is 71.4 Å². The summed E-state index contributed by atoms with van der Waals surface area (Å²) in [4.78, 5) is 9.64. The molecule has 0 aromatic carbocycles. The number of hydrogen-bond donors (Lipinski definition) is 1. The molecule has 52 valence electrons. The van der Waals surface area contributed by atoms with E-state index in [1.807, 2.05) is 0 Å². The maximum absolute atomic E-state index is 9.95. The van der Waals surface area contributed by atoms with Crippen LogP contribution < -0.4 is 0 Å². The fraction of sp³-hybridized carbons (Fsp3) is 0. The molecule has 0 aliphatic carbocycles. The number of rotatable bonds is 2. The Kier molecular flexibility index (Phi) is 2.66. The lowest BCUT2D eigenvalue weighted by Crippen LogP contribution is -1.88. The Morgan fingerprint density at radius 3 is 2.11 bits per heavy atom. The average Bonchev–Trinajstić information content (AvgIpc) is 1.59. The third-order valence-corrected chi connectivity index (χ3v) is 1.14. The fourth-order valence-electron chi connectivity index (χ4n) is 0.139. The van der Waals surface area contributed by atoms with Crippen molar-refractivity contribution in [2.45, 2.75) is 0 Å². The number of hydrogen-bond acceptors (Lipinski definition) is 3. The molecule has 0 aromatic heterocycles. The number of halogens is 1. The molecule has 0 saturated carbocycles. The van der Waals surface area contributed by atoms with E-state index in [0.717, 1.165) is 0 Å². The minimum Gasteiger partial charge on any atom is -0.478 e. The summed E-state index contributed by atoms with van der Waals surface area (Å²) in [5, 5.41) is 8.27. The fourth-order valence-corrected chi connectivity index (χ4v) is 0.573. The molecule has 0 spiro atoms. The molecule has 0 radical (unpaired) electrons. The first-order valence-electron chi connectivity index (χ1n) is 1.77. The maximum Gasteiger partial charge on any atom is 0.329 e. The molecule has 6 heteroatoms. The normalized spacial score (nSPS) is 12.1. The third-order valence-electron chi connectivity index (χ3n) is 0.373. The highest BCUT2D eigenvalue weighted by molar-refractivity contribution is 8.16. The van der Waals surface area contributed by atoms with E-state index < -0.39 is 15.0 Å². The Morgan fingerprint density at radius 2 is 2.00 bits per heavy atom. The van der Waals surface area contributed by atoms with Crippen molar-refractivity contribution in [3.8, 4) is 0 Å². The van der Waals surface area contributed by atoms with Gasteiger partial charge in [0.05, 0.1) is 5.41 Å². The van der Waals surface area contributed by atoms with Crippen LogP contribution in [-0.4, -0.2) is 19.5 Å². The summed E-state index contributed by atoms with van der Waals surface area (Å²) in [5.74, 6) is -1.35. The minimum atomic E-state index is -3.81. The van der Waals surface area contributed by atoms with Crippen molar-refractivity contribution in [2.75, 3.05) is 0 Å². The lowest BCUT2D eigenvalue weighted by Gasteiger charge is -1.77. The van der Waals surface area contributed by atoms with E-state index in [0.29, 0.717) is 11.5 Å². The molecule has 0 bridgehead atoms. The highest BCUT2D eigenvalue weighted by Crippen LogP contribution is 1.96. The quantitative estimate of drug-likeness (QED) is 0.473. The Bertz CT molecular complexity index is 226. The van der Waals surface area contributed by atoms with Crippen molar-refractivity contribution < 1.29 is 18.3 Å². The Hall–Kier alpha value is -0.550. The van der Waals surface area contributed by atoms with Gasteiger partial charge in [0, 0.05) is 16.8 Å². The highest BCUT2D eigenvalue weighted by Gasteiger charge is 1.97. The second-order valence-electron chi connectivity index (χ2n) is 1.12. The van der Waals surface area contributed by atoms with E-state index >= 15 is 0 Å². The van der Waals surface area contributed by atoms with Crippen molar-refractivity contribution in [1.82, 2.24) is 0 Å². The maximum atomic E-state index is 9.95. The van der Waals surface area contributed by atoms with Crippen LogP contribution in [0.3, 0.4) is 0 Å². The monoisotopic (exact) mass is 170 g/mol. The minimum absolute atomic E-state index is 0.400. The Morgan fingerprint density at radius 1 is 1.56 bits per heavy atom. The van der Waals surface area contributed by atoms with Gasteiger partial charge >= 0.3 is 5.97 Å². The van der Waals surface area contributed by atoms with E-state index in [-0.39, 0.29) is 0 Å². The molecule has 0 fully saturated rings. The number of carbonyl (C=O) groups is 1. The number of carboxylic acids is 1. The summed E-state index contributed by atoms with van der Waals surface area (Å²) in [6.07, 6.45) is 0.447. The van der Waals surface area contributed by atoms with Crippen LogP contribution in [0.5, 0.6) is 0 Å². The van der Waals surface area contributed by atoms with Gasteiger partial charge in [-0.25, -0.2) is 13.2 Å². The summed E-state index contributed by atoms with van der Waals surface area (Å²) < 4.78 is 19.9. The van der Waals surface area contributed by atoms with Crippen LogP contribution in [0.15, 0.2) is 11.5 Å². The summed E-state index contributed by atoms with van der Waals surface area (Å²) in [6, 6.07) is 0. The summed E-state index contributed by atoms with van der Waals surface area (Å²) >= 11 is 0. The molecule has 0 atom stereocenters. The first-order chi connectivity index (χ1) is 3.92. The second kappa shape index (κ2) is 2.84. The molecule has 0 heterocycles. The third kappa shape index (κ3) is 7.45. The predicted octanol–water partition coefficient (Wildman–Crippen LogP) is 0.153. The van der Waals surface area contributed by atoms with Crippen molar-refractivity contribution in [3.63, 3.8) is 0 Å². The molecule has 0 rings (SSSR count).